The van der Waals surface area contributed by atoms with Crippen LogP contribution >= 0.6 is 21.6 Å². The van der Waals surface area contributed by atoms with E-state index in [0.29, 0.717) is 42.3 Å². The lowest BCUT2D eigenvalue weighted by molar-refractivity contribution is -0.208. The van der Waals surface area contributed by atoms with Gasteiger partial charge in [0, 0.05) is 90.1 Å². The molecule has 1 aromatic heterocycles. The first-order chi connectivity index (χ1) is 41.7. The third kappa shape index (κ3) is 11.1. The molecule has 7 fully saturated rings. The third-order valence-electron chi connectivity index (χ3n) is 24.4. The Hall–Kier alpha value is -4.36. The molecule has 8 aliphatic carbocycles. The molecule has 17 nitrogen and oxygen atoms in total. The van der Waals surface area contributed by atoms with Gasteiger partial charge >= 0.3 is 5.97 Å². The fraction of sp³-hybridized carbons (Fsp3) is 0.706. The predicted octanol–water partition coefficient (Wildman–Crippen LogP) is 6.73. The number of esters is 1. The van der Waals surface area contributed by atoms with Gasteiger partial charge in [-0.15, -0.1) is 5.92 Å². The van der Waals surface area contributed by atoms with E-state index in [2.05, 4.69) is 40.1 Å². The molecular formula is C68H93N5O12S2. The first kappa shape index (κ1) is 62.8. The fourth-order valence-electron chi connectivity index (χ4n) is 20.7. The molecule has 474 valence electrons. The molecule has 2 aromatic rings. The van der Waals surface area contributed by atoms with Crippen molar-refractivity contribution in [3.05, 3.63) is 76.8 Å². The van der Waals surface area contributed by atoms with Crippen LogP contribution < -0.4 is 16.8 Å². The zero-order valence-electron chi connectivity index (χ0n) is 50.5. The van der Waals surface area contributed by atoms with Crippen molar-refractivity contribution in [2.24, 2.45) is 104 Å². The van der Waals surface area contributed by atoms with Gasteiger partial charge in [-0.1, -0.05) is 77.5 Å². The fourth-order valence-corrected chi connectivity index (χ4v) is 23.4. The van der Waals surface area contributed by atoms with Gasteiger partial charge in [0.15, 0.2) is 23.8 Å². The van der Waals surface area contributed by atoms with Crippen molar-refractivity contribution in [1.29, 1.82) is 0 Å². The van der Waals surface area contributed by atoms with Crippen molar-refractivity contribution in [3.8, 4) is 17.6 Å². The molecule has 10 aliphatic rings. The number of fused-ring (bicyclic) bond motifs is 10. The third-order valence-corrected chi connectivity index (χ3v) is 26.9. The number of aliphatic imine (C=N–C) groups is 1. The van der Waals surface area contributed by atoms with Gasteiger partial charge in [-0.05, 0) is 172 Å². The molecule has 21 atom stereocenters. The Labute approximate surface area is 519 Å². The summed E-state index contributed by atoms with van der Waals surface area (Å²) in [5, 5.41) is 104. The standard InChI is InChI=1S/C68H93N5O12S2/c1-36-11-12-38-15-18-46-48(47(38)25-36)27-39(50-33-85-63(82)55(50)41-20-23-71-31-41)7-6-8-40-29-68(84)57-52(19-21-66(68,22-24-72-64(69)70)61(40)65(2,83)54(77)28-49(46)62(80)81)67(43-9-4-3-5-10-43)30-53(76)59(78)51-35-87-86-34-42(37-13-16-44(74)17-14-37)26-45(75)32-73-58(57)60(79)56(51)67/h13-17,20,23,31,36,39-40,42-43,46-56,59,61-62,71,73-74,76-78,80-81,83-84H,3-5,8-12,18-19,21-22,24-30,32-35H2,1-2H3,(H4,69,70,72). The van der Waals surface area contributed by atoms with Crippen molar-refractivity contribution in [3.63, 3.8) is 0 Å². The lowest BCUT2D eigenvalue weighted by Gasteiger charge is -2.66. The van der Waals surface area contributed by atoms with Crippen molar-refractivity contribution in [2.45, 2.75) is 177 Å². The number of aliphatic hydroxyl groups is 7. The zero-order chi connectivity index (χ0) is 61.3. The zero-order valence-corrected chi connectivity index (χ0v) is 52.1. The van der Waals surface area contributed by atoms with Crippen LogP contribution in [0.3, 0.4) is 0 Å². The number of rotatable bonds is 8. The van der Waals surface area contributed by atoms with Crippen LogP contribution in [0.25, 0.3) is 0 Å². The van der Waals surface area contributed by atoms with E-state index < -0.39 is 94.0 Å². The summed E-state index contributed by atoms with van der Waals surface area (Å²) in [6.45, 7) is 3.76. The number of nitrogens with zero attached hydrogens (tertiary/aromatic N) is 1. The number of phenolic OH excluding ortho intramolecular Hbond substituents is 1. The van der Waals surface area contributed by atoms with Crippen molar-refractivity contribution in [1.82, 2.24) is 10.3 Å². The van der Waals surface area contributed by atoms with E-state index in [1.807, 2.05) is 24.4 Å². The number of allylic oxidation sites excluding steroid dienone is 3. The number of hydrogen-bond donors (Lipinski definition) is 12. The van der Waals surface area contributed by atoms with Crippen LogP contribution in [0.2, 0.25) is 0 Å². The normalized spacial score (nSPS) is 42.8. The van der Waals surface area contributed by atoms with Gasteiger partial charge in [0.25, 0.3) is 0 Å². The van der Waals surface area contributed by atoms with E-state index in [0.717, 1.165) is 62.5 Å². The summed E-state index contributed by atoms with van der Waals surface area (Å²) in [6, 6.07) is 8.74. The van der Waals surface area contributed by atoms with Crippen molar-refractivity contribution >= 4 is 45.1 Å². The number of H-pyrrole nitrogens is 1. The number of aromatic hydroxyl groups is 1. The highest BCUT2D eigenvalue weighted by Gasteiger charge is 2.76. The molecule has 2 bridgehead atoms. The highest BCUT2D eigenvalue weighted by Crippen LogP contribution is 2.75. The average molecular weight is 1240 g/mol. The highest BCUT2D eigenvalue weighted by molar-refractivity contribution is 8.76. The molecule has 3 heterocycles. The number of guanidine groups is 1. The number of carbonyl (C=O) groups excluding carboxylic acids is 3. The number of cyclic esters (lactones) is 1. The minimum Gasteiger partial charge on any atom is -0.508 e. The topological polar surface area (TPSA) is 314 Å². The monoisotopic (exact) mass is 1240 g/mol. The second kappa shape index (κ2) is 25.0. The molecule has 5 saturated carbocycles. The summed E-state index contributed by atoms with van der Waals surface area (Å²) < 4.78 is 5.96. The Balaban J connectivity index is 1.04. The van der Waals surface area contributed by atoms with Crippen LogP contribution in [0.1, 0.15) is 152 Å². The number of benzene rings is 1. The Morgan fingerprint density at radius 2 is 1.68 bits per heavy atom. The van der Waals surface area contributed by atoms with Crippen LogP contribution in [-0.4, -0.2) is 136 Å². The highest BCUT2D eigenvalue weighted by atomic mass is 33.1. The van der Waals surface area contributed by atoms with Gasteiger partial charge in [-0.3, -0.25) is 19.4 Å². The maximum atomic E-state index is 16.7. The summed E-state index contributed by atoms with van der Waals surface area (Å²) in [5.74, 6) is 1.09. The van der Waals surface area contributed by atoms with Gasteiger partial charge in [-0.25, -0.2) is 0 Å². The Morgan fingerprint density at radius 3 is 2.41 bits per heavy atom. The Bertz CT molecular complexity index is 3020. The van der Waals surface area contributed by atoms with E-state index >= 15 is 9.90 Å². The number of nitrogens with two attached hydrogens (primary N) is 2. The molecule has 87 heavy (non-hydrogen) atoms. The molecule has 0 radical (unpaired) electrons. The SMILES string of the molecule is CC1CCC2=CCC3C(C(O)O)CC(O)C(C)(O)C4C(CC#CC(C5COC(=O)C5c5cc[nH]c5)CC3C2C1)CC1(O)C2=C3NCC(=O)CC(c5ccc(O)cc5)CSSCC5C(O)C(O)CC(C6CCCCC6)(C2CCC41CCN=C(N)N)C5C3=O. The quantitative estimate of drug-likeness (QED) is 0.0248. The number of aliphatic hydroxyl groups excluding tert-OH is 4. The number of Topliss-reactive ketones (excluding diaryl/α,β-unsaturated/α-hetero) is 2. The summed E-state index contributed by atoms with van der Waals surface area (Å²) in [6.07, 6.45) is 9.24. The number of hydrogen-bond acceptors (Lipinski definition) is 16. The smallest absolute Gasteiger partial charge is 0.313 e. The van der Waals surface area contributed by atoms with Gasteiger partial charge in [0.1, 0.15) is 5.75 Å². The molecule has 1 aromatic carbocycles. The number of aromatic amines is 1. The van der Waals surface area contributed by atoms with Gasteiger partial charge in [0.2, 0.25) is 0 Å². The van der Waals surface area contributed by atoms with E-state index in [1.54, 1.807) is 36.0 Å². The van der Waals surface area contributed by atoms with Gasteiger partial charge in [-0.2, -0.15) is 0 Å². The molecule has 14 N–H and O–H groups in total. The average Bonchev–Trinajstić information content (AvgIpc) is 1.65. The molecule has 2 saturated heterocycles. The summed E-state index contributed by atoms with van der Waals surface area (Å²) in [5.41, 5.74) is 9.45. The van der Waals surface area contributed by atoms with Crippen LogP contribution in [0.15, 0.2) is 70.6 Å². The number of nitrogens with one attached hydrogen (secondary N) is 2. The van der Waals surface area contributed by atoms with Crippen LogP contribution in [-0.2, 0) is 19.1 Å². The lowest BCUT2D eigenvalue weighted by atomic mass is 9.39. The van der Waals surface area contributed by atoms with Crippen LogP contribution in [0.5, 0.6) is 5.75 Å². The Kier molecular flexibility index (Phi) is 18.1. The van der Waals surface area contributed by atoms with Crippen molar-refractivity contribution in [2.75, 3.05) is 31.2 Å². The van der Waals surface area contributed by atoms with E-state index in [1.165, 1.54) is 16.4 Å². The first-order valence-corrected chi connectivity index (χ1v) is 35.1. The van der Waals surface area contributed by atoms with E-state index in [-0.39, 0.29) is 135 Å². The second-order valence-corrected chi connectivity index (χ2v) is 31.3. The summed E-state index contributed by atoms with van der Waals surface area (Å²) in [7, 11) is 3.10. The molecular weight excluding hydrogens is 1140 g/mol. The maximum Gasteiger partial charge on any atom is 0.313 e. The number of ether oxygens (including phenoxy) is 1. The predicted molar refractivity (Wildman–Crippen MR) is 333 cm³/mol. The molecule has 21 unspecified atom stereocenters. The molecule has 12 rings (SSSR count). The minimum absolute atomic E-state index is 0.00427. The summed E-state index contributed by atoms with van der Waals surface area (Å²) >= 11 is 0. The number of ketones is 2. The molecule has 0 spiro atoms. The summed E-state index contributed by atoms with van der Waals surface area (Å²) in [4.78, 5) is 53.0. The maximum absolute atomic E-state index is 16.7. The number of phenols is 1. The van der Waals surface area contributed by atoms with Crippen LogP contribution in [0, 0.1) is 99.6 Å². The van der Waals surface area contributed by atoms with Gasteiger partial charge < -0.3 is 67.4 Å². The Morgan fingerprint density at radius 1 is 0.908 bits per heavy atom. The van der Waals surface area contributed by atoms with Gasteiger partial charge in [0.05, 0.1) is 54.3 Å². The molecule has 2 aliphatic heterocycles. The molecule has 19 heteroatoms. The number of aromatic nitrogens is 1. The lowest BCUT2D eigenvalue weighted by Crippen LogP contribution is -2.69. The largest absolute Gasteiger partial charge is 0.508 e. The van der Waals surface area contributed by atoms with E-state index in [4.69, 9.17) is 16.2 Å². The first-order valence-electron chi connectivity index (χ1n) is 32.6. The number of carbonyl (C=O) groups is 3. The molecule has 0 amide bonds. The van der Waals surface area contributed by atoms with E-state index in [9.17, 15) is 45.3 Å². The van der Waals surface area contributed by atoms with Crippen LogP contribution in [0.4, 0.5) is 0 Å². The van der Waals surface area contributed by atoms with Crippen molar-refractivity contribution < 1.29 is 60.0 Å². The second-order valence-electron chi connectivity index (χ2n) is 28.7. The minimum atomic E-state index is -2.06.